The molecule has 1 aliphatic rings. The number of amides is 2. The fraction of sp³-hybridized carbons (Fsp3) is 0.286. The number of halogens is 1. The SMILES string of the molecule is N#CC1(N(Cc2ccccc2)C(=O)C(C(N)=O)c2ccc(Cl)cc2)CCNC1. The third-order valence-electron chi connectivity index (χ3n) is 5.04. The molecule has 1 saturated heterocycles. The highest BCUT2D eigenvalue weighted by Gasteiger charge is 2.45. The highest BCUT2D eigenvalue weighted by molar-refractivity contribution is 6.30. The lowest BCUT2D eigenvalue weighted by Gasteiger charge is -2.37. The van der Waals surface area contributed by atoms with Crippen molar-refractivity contribution < 1.29 is 9.59 Å². The topological polar surface area (TPSA) is 99.2 Å². The van der Waals surface area contributed by atoms with Gasteiger partial charge in [-0.1, -0.05) is 54.1 Å². The number of nitrogens with two attached hydrogens (primary N) is 1. The molecule has 0 aliphatic carbocycles. The second kappa shape index (κ2) is 8.42. The van der Waals surface area contributed by atoms with Gasteiger partial charge in [0.2, 0.25) is 11.8 Å². The molecule has 6 nitrogen and oxygen atoms in total. The van der Waals surface area contributed by atoms with Gasteiger partial charge in [-0.3, -0.25) is 9.59 Å². The zero-order valence-corrected chi connectivity index (χ0v) is 16.0. The molecule has 0 spiro atoms. The van der Waals surface area contributed by atoms with E-state index in [2.05, 4.69) is 11.4 Å². The highest BCUT2D eigenvalue weighted by atomic mass is 35.5. The molecule has 3 rings (SSSR count). The molecule has 2 unspecified atom stereocenters. The molecule has 2 aromatic rings. The van der Waals surface area contributed by atoms with Crippen LogP contribution in [0.1, 0.15) is 23.5 Å². The fourth-order valence-corrected chi connectivity index (χ4v) is 3.64. The Labute approximate surface area is 168 Å². The summed E-state index contributed by atoms with van der Waals surface area (Å²) in [6.45, 7) is 1.18. The number of benzene rings is 2. The molecule has 2 atom stereocenters. The van der Waals surface area contributed by atoms with Crippen LogP contribution in [0.15, 0.2) is 54.6 Å². The molecule has 7 heteroatoms. The van der Waals surface area contributed by atoms with E-state index in [4.69, 9.17) is 17.3 Å². The maximum absolute atomic E-state index is 13.5. The third kappa shape index (κ3) is 4.01. The van der Waals surface area contributed by atoms with E-state index in [9.17, 15) is 14.9 Å². The van der Waals surface area contributed by atoms with Crippen molar-refractivity contribution in [2.75, 3.05) is 13.1 Å². The van der Waals surface area contributed by atoms with Crippen LogP contribution in [-0.2, 0) is 16.1 Å². The first-order chi connectivity index (χ1) is 13.5. The van der Waals surface area contributed by atoms with Crippen molar-refractivity contribution in [3.8, 4) is 6.07 Å². The molecule has 1 aliphatic heterocycles. The number of rotatable bonds is 6. The molecule has 1 heterocycles. The monoisotopic (exact) mass is 396 g/mol. The number of nitrogens with one attached hydrogen (secondary N) is 1. The molecule has 0 radical (unpaired) electrons. The number of primary amides is 1. The first-order valence-electron chi connectivity index (χ1n) is 8.99. The number of carbonyl (C=O) groups excluding carboxylic acids is 2. The normalized spacial score (nSPS) is 19.6. The lowest BCUT2D eigenvalue weighted by Crippen LogP contribution is -2.54. The average Bonchev–Trinajstić information content (AvgIpc) is 3.18. The Bertz CT molecular complexity index is 887. The van der Waals surface area contributed by atoms with Gasteiger partial charge in [-0.25, -0.2) is 0 Å². The number of hydrogen-bond acceptors (Lipinski definition) is 4. The molecule has 2 aromatic carbocycles. The van der Waals surface area contributed by atoms with Crippen molar-refractivity contribution >= 4 is 23.4 Å². The number of nitrogens with zero attached hydrogens (tertiary/aromatic N) is 2. The van der Waals surface area contributed by atoms with Crippen LogP contribution in [0, 0.1) is 11.3 Å². The number of hydrogen-bond donors (Lipinski definition) is 2. The lowest BCUT2D eigenvalue weighted by molar-refractivity contribution is -0.141. The van der Waals surface area contributed by atoms with Crippen molar-refractivity contribution in [2.45, 2.75) is 24.4 Å². The van der Waals surface area contributed by atoms with Gasteiger partial charge in [-0.15, -0.1) is 0 Å². The second-order valence-corrected chi connectivity index (χ2v) is 7.30. The van der Waals surface area contributed by atoms with Crippen LogP contribution < -0.4 is 11.1 Å². The van der Waals surface area contributed by atoms with E-state index in [-0.39, 0.29) is 6.54 Å². The fourth-order valence-electron chi connectivity index (χ4n) is 3.51. The van der Waals surface area contributed by atoms with Gasteiger partial charge in [0, 0.05) is 18.1 Å². The van der Waals surface area contributed by atoms with Crippen molar-refractivity contribution in [3.63, 3.8) is 0 Å². The average molecular weight is 397 g/mol. The van der Waals surface area contributed by atoms with Gasteiger partial charge >= 0.3 is 0 Å². The van der Waals surface area contributed by atoms with E-state index >= 15 is 0 Å². The summed E-state index contributed by atoms with van der Waals surface area (Å²) in [7, 11) is 0. The van der Waals surface area contributed by atoms with Crippen molar-refractivity contribution in [1.29, 1.82) is 5.26 Å². The summed E-state index contributed by atoms with van der Waals surface area (Å²) < 4.78 is 0. The highest BCUT2D eigenvalue weighted by Crippen LogP contribution is 2.30. The number of carbonyl (C=O) groups is 2. The maximum Gasteiger partial charge on any atom is 0.241 e. The molecule has 0 aromatic heterocycles. The van der Waals surface area contributed by atoms with E-state index in [0.29, 0.717) is 30.1 Å². The van der Waals surface area contributed by atoms with E-state index in [1.165, 1.54) is 4.90 Å². The lowest BCUT2D eigenvalue weighted by atomic mass is 9.91. The van der Waals surface area contributed by atoms with E-state index in [1.54, 1.807) is 24.3 Å². The molecule has 1 fully saturated rings. The largest absolute Gasteiger partial charge is 0.369 e. The van der Waals surface area contributed by atoms with Gasteiger partial charge in [-0.2, -0.15) is 5.26 Å². The number of nitriles is 1. The van der Waals surface area contributed by atoms with Crippen molar-refractivity contribution in [2.24, 2.45) is 5.73 Å². The Kier molecular flexibility index (Phi) is 5.98. The predicted octanol–water partition coefficient (Wildman–Crippen LogP) is 2.19. The van der Waals surface area contributed by atoms with E-state index in [1.807, 2.05) is 30.3 Å². The molecule has 28 heavy (non-hydrogen) atoms. The Hall–Kier alpha value is -2.88. The zero-order valence-electron chi connectivity index (χ0n) is 15.3. The standard InChI is InChI=1S/C21H21ClN4O2/c22-17-8-6-16(7-9-17)18(19(24)27)20(28)26(12-15-4-2-1-3-5-15)21(13-23)10-11-25-14-21/h1-9,18,25H,10-12,14H2,(H2,24,27). The summed E-state index contributed by atoms with van der Waals surface area (Å²) in [6.07, 6.45) is 0.480. The summed E-state index contributed by atoms with van der Waals surface area (Å²) in [5, 5.41) is 13.6. The summed E-state index contributed by atoms with van der Waals surface area (Å²) in [4.78, 5) is 27.3. The molecule has 2 amide bonds. The van der Waals surface area contributed by atoms with Gasteiger partial charge in [0.15, 0.2) is 0 Å². The van der Waals surface area contributed by atoms with Crippen LogP contribution >= 0.6 is 11.6 Å². The smallest absolute Gasteiger partial charge is 0.241 e. The van der Waals surface area contributed by atoms with Gasteiger partial charge in [0.1, 0.15) is 11.5 Å². The molecule has 144 valence electrons. The second-order valence-electron chi connectivity index (χ2n) is 6.87. The molecule has 0 bridgehead atoms. The summed E-state index contributed by atoms with van der Waals surface area (Å²) in [6, 6.07) is 18.1. The zero-order chi connectivity index (χ0) is 20.1. The van der Waals surface area contributed by atoms with E-state index < -0.39 is 23.3 Å². The van der Waals surface area contributed by atoms with Crippen molar-refractivity contribution in [1.82, 2.24) is 10.2 Å². The Balaban J connectivity index is 2.02. The summed E-state index contributed by atoms with van der Waals surface area (Å²) in [5.74, 6) is -2.43. The van der Waals surface area contributed by atoms with Gasteiger partial charge in [0.05, 0.1) is 6.07 Å². The Morgan fingerprint density at radius 2 is 1.89 bits per heavy atom. The summed E-state index contributed by atoms with van der Waals surface area (Å²) in [5.41, 5.74) is 5.90. The van der Waals surface area contributed by atoms with E-state index in [0.717, 1.165) is 5.56 Å². The summed E-state index contributed by atoms with van der Waals surface area (Å²) >= 11 is 5.93. The quantitative estimate of drug-likeness (QED) is 0.731. The predicted molar refractivity (Wildman–Crippen MR) is 106 cm³/mol. The first-order valence-corrected chi connectivity index (χ1v) is 9.37. The van der Waals surface area contributed by atoms with Crippen molar-refractivity contribution in [3.05, 3.63) is 70.7 Å². The molecular weight excluding hydrogens is 376 g/mol. The molecule has 3 N–H and O–H groups in total. The van der Waals surface area contributed by atoms with Crippen LogP contribution in [0.3, 0.4) is 0 Å². The Morgan fingerprint density at radius 1 is 1.21 bits per heavy atom. The van der Waals surface area contributed by atoms with Crippen LogP contribution in [0.25, 0.3) is 0 Å². The van der Waals surface area contributed by atoms with Gasteiger partial charge < -0.3 is 16.0 Å². The van der Waals surface area contributed by atoms with Crippen LogP contribution in [0.4, 0.5) is 0 Å². The minimum Gasteiger partial charge on any atom is -0.369 e. The van der Waals surface area contributed by atoms with Crippen LogP contribution in [0.5, 0.6) is 0 Å². The van der Waals surface area contributed by atoms with Gasteiger partial charge in [0.25, 0.3) is 0 Å². The minimum atomic E-state index is -1.19. The van der Waals surface area contributed by atoms with Gasteiger partial charge in [-0.05, 0) is 36.2 Å². The minimum absolute atomic E-state index is 0.215. The Morgan fingerprint density at radius 3 is 2.43 bits per heavy atom. The molecule has 0 saturated carbocycles. The first kappa shape index (κ1) is 19.9. The van der Waals surface area contributed by atoms with Crippen LogP contribution in [0.2, 0.25) is 5.02 Å². The molecular formula is C21H21ClN4O2. The van der Waals surface area contributed by atoms with Crippen LogP contribution in [-0.4, -0.2) is 35.3 Å². The maximum atomic E-state index is 13.5. The third-order valence-corrected chi connectivity index (χ3v) is 5.29.